The Bertz CT molecular complexity index is 589. The summed E-state index contributed by atoms with van der Waals surface area (Å²) >= 11 is 5.85. The largest absolute Gasteiger partial charge is 0.392 e. The van der Waals surface area contributed by atoms with E-state index in [9.17, 15) is 13.5 Å². The molecule has 1 aromatic carbocycles. The third kappa shape index (κ3) is 4.00. The highest BCUT2D eigenvalue weighted by Gasteiger charge is 2.37. The Balaban J connectivity index is 2.15. The van der Waals surface area contributed by atoms with Crippen molar-refractivity contribution in [3.05, 3.63) is 34.9 Å². The Labute approximate surface area is 137 Å². The molecule has 0 spiro atoms. The van der Waals surface area contributed by atoms with Crippen LogP contribution in [-0.2, 0) is 16.8 Å². The maximum Gasteiger partial charge on any atom is 0.282 e. The zero-order chi connectivity index (χ0) is 16.3. The van der Waals surface area contributed by atoms with Gasteiger partial charge in [0.05, 0.1) is 12.1 Å². The van der Waals surface area contributed by atoms with Crippen LogP contribution >= 0.6 is 11.6 Å². The molecule has 5 nitrogen and oxygen atoms in total. The van der Waals surface area contributed by atoms with Gasteiger partial charge in [0.15, 0.2) is 0 Å². The summed E-state index contributed by atoms with van der Waals surface area (Å²) in [6.07, 6.45) is 1.81. The van der Waals surface area contributed by atoms with Crippen molar-refractivity contribution in [2.24, 2.45) is 0 Å². The van der Waals surface area contributed by atoms with Crippen molar-refractivity contribution in [2.75, 3.05) is 13.6 Å². The quantitative estimate of drug-likeness (QED) is 0.889. The van der Waals surface area contributed by atoms with E-state index in [-0.39, 0.29) is 12.6 Å². The Morgan fingerprint density at radius 3 is 2.59 bits per heavy atom. The minimum atomic E-state index is -3.59. The standard InChI is InChI=1S/C15H23ClN2O3S/c1-12(19)15-5-3-4-10-18(15)22(20,21)17(2)11-13-6-8-14(16)9-7-13/h6-9,12,15,19H,3-5,10-11H2,1-2H3/t12-,15-/m0/s1. The molecule has 0 unspecified atom stereocenters. The van der Waals surface area contributed by atoms with Gasteiger partial charge in [0.25, 0.3) is 10.2 Å². The molecule has 1 fully saturated rings. The minimum absolute atomic E-state index is 0.280. The first-order chi connectivity index (χ1) is 10.3. The van der Waals surface area contributed by atoms with Crippen molar-refractivity contribution in [3.63, 3.8) is 0 Å². The normalized spacial score (nSPS) is 22.0. The minimum Gasteiger partial charge on any atom is -0.392 e. The Hall–Kier alpha value is -0.660. The van der Waals surface area contributed by atoms with Gasteiger partial charge in [0, 0.05) is 25.2 Å². The monoisotopic (exact) mass is 346 g/mol. The maximum atomic E-state index is 12.8. The molecule has 1 aliphatic heterocycles. The van der Waals surface area contributed by atoms with Crippen molar-refractivity contribution in [1.82, 2.24) is 8.61 Å². The number of aliphatic hydroxyl groups is 1. The molecule has 0 radical (unpaired) electrons. The lowest BCUT2D eigenvalue weighted by atomic mass is 10.0. The molecule has 1 heterocycles. The van der Waals surface area contributed by atoms with Gasteiger partial charge in [-0.25, -0.2) is 0 Å². The smallest absolute Gasteiger partial charge is 0.282 e. The fraction of sp³-hybridized carbons (Fsp3) is 0.600. The molecule has 124 valence electrons. The van der Waals surface area contributed by atoms with Gasteiger partial charge in [0.1, 0.15) is 0 Å². The van der Waals surface area contributed by atoms with Crippen LogP contribution in [0.1, 0.15) is 31.7 Å². The van der Waals surface area contributed by atoms with E-state index < -0.39 is 16.3 Å². The number of hydrogen-bond acceptors (Lipinski definition) is 3. The second kappa shape index (κ2) is 7.27. The summed E-state index contributed by atoms with van der Waals surface area (Å²) in [6, 6.07) is 6.78. The van der Waals surface area contributed by atoms with E-state index in [1.165, 1.54) is 8.61 Å². The van der Waals surface area contributed by atoms with E-state index in [0.717, 1.165) is 18.4 Å². The SMILES string of the molecule is C[C@H](O)[C@@H]1CCCCN1S(=O)(=O)N(C)Cc1ccc(Cl)cc1. The van der Waals surface area contributed by atoms with Crippen LogP contribution in [0.4, 0.5) is 0 Å². The Morgan fingerprint density at radius 2 is 2.00 bits per heavy atom. The second-order valence-corrected chi connectivity index (χ2v) is 8.23. The van der Waals surface area contributed by atoms with E-state index in [1.807, 2.05) is 12.1 Å². The summed E-state index contributed by atoms with van der Waals surface area (Å²) in [5, 5.41) is 10.5. The van der Waals surface area contributed by atoms with Gasteiger partial charge in [-0.05, 0) is 37.5 Å². The molecule has 2 atom stereocenters. The second-order valence-electron chi connectivity index (χ2n) is 5.80. The number of halogens is 1. The molecule has 0 aromatic heterocycles. The molecular formula is C15H23ClN2O3S. The van der Waals surface area contributed by atoms with Crippen LogP contribution in [0.3, 0.4) is 0 Å². The first-order valence-corrected chi connectivity index (χ1v) is 9.25. The van der Waals surface area contributed by atoms with Crippen LogP contribution in [-0.4, -0.2) is 47.9 Å². The molecule has 0 aliphatic carbocycles. The van der Waals surface area contributed by atoms with Crippen LogP contribution in [0, 0.1) is 0 Å². The van der Waals surface area contributed by atoms with Gasteiger partial charge in [-0.1, -0.05) is 30.2 Å². The topological polar surface area (TPSA) is 60.9 Å². The zero-order valence-electron chi connectivity index (χ0n) is 12.9. The number of nitrogens with zero attached hydrogens (tertiary/aromatic N) is 2. The fourth-order valence-corrected chi connectivity index (χ4v) is 4.59. The lowest BCUT2D eigenvalue weighted by molar-refractivity contribution is 0.0796. The maximum absolute atomic E-state index is 12.8. The van der Waals surface area contributed by atoms with Gasteiger partial charge in [-0.3, -0.25) is 0 Å². The van der Waals surface area contributed by atoms with E-state index in [0.29, 0.717) is 18.0 Å². The molecule has 0 bridgehead atoms. The highest BCUT2D eigenvalue weighted by atomic mass is 35.5. The van der Waals surface area contributed by atoms with Crippen LogP contribution in [0.5, 0.6) is 0 Å². The van der Waals surface area contributed by atoms with Crippen LogP contribution in [0.2, 0.25) is 5.02 Å². The predicted octanol–water partition coefficient (Wildman–Crippen LogP) is 2.25. The van der Waals surface area contributed by atoms with Gasteiger partial charge in [0.2, 0.25) is 0 Å². The van der Waals surface area contributed by atoms with Crippen molar-refractivity contribution in [2.45, 2.75) is 44.9 Å². The number of piperidine rings is 1. The van der Waals surface area contributed by atoms with Gasteiger partial charge in [-0.2, -0.15) is 17.0 Å². The molecule has 7 heteroatoms. The number of rotatable bonds is 5. The summed E-state index contributed by atoms with van der Waals surface area (Å²) < 4.78 is 28.3. The van der Waals surface area contributed by atoms with Crippen molar-refractivity contribution in [1.29, 1.82) is 0 Å². The molecule has 1 N–H and O–H groups in total. The van der Waals surface area contributed by atoms with Crippen LogP contribution in [0.25, 0.3) is 0 Å². The third-order valence-corrected chi connectivity index (χ3v) is 6.28. The average molecular weight is 347 g/mol. The lowest BCUT2D eigenvalue weighted by Gasteiger charge is -2.38. The molecule has 0 amide bonds. The van der Waals surface area contributed by atoms with Crippen LogP contribution < -0.4 is 0 Å². The summed E-state index contributed by atoms with van der Waals surface area (Å²) in [5.74, 6) is 0. The zero-order valence-corrected chi connectivity index (χ0v) is 14.5. The van der Waals surface area contributed by atoms with Crippen molar-refractivity contribution in [3.8, 4) is 0 Å². The summed E-state index contributed by atoms with van der Waals surface area (Å²) in [4.78, 5) is 0. The summed E-state index contributed by atoms with van der Waals surface area (Å²) in [5.41, 5.74) is 0.876. The lowest BCUT2D eigenvalue weighted by Crippen LogP contribution is -2.53. The van der Waals surface area contributed by atoms with E-state index in [2.05, 4.69) is 0 Å². The van der Waals surface area contributed by atoms with Gasteiger partial charge < -0.3 is 5.11 Å². The molecule has 0 saturated carbocycles. The van der Waals surface area contributed by atoms with Gasteiger partial charge in [-0.15, -0.1) is 0 Å². The van der Waals surface area contributed by atoms with Crippen LogP contribution in [0.15, 0.2) is 24.3 Å². The summed E-state index contributed by atoms with van der Waals surface area (Å²) in [6.45, 7) is 2.39. The fourth-order valence-electron chi connectivity index (χ4n) is 2.81. The van der Waals surface area contributed by atoms with E-state index >= 15 is 0 Å². The molecular weight excluding hydrogens is 324 g/mol. The number of hydrogen-bond donors (Lipinski definition) is 1. The van der Waals surface area contributed by atoms with E-state index in [4.69, 9.17) is 11.6 Å². The molecule has 22 heavy (non-hydrogen) atoms. The third-order valence-electron chi connectivity index (χ3n) is 4.06. The van der Waals surface area contributed by atoms with Gasteiger partial charge >= 0.3 is 0 Å². The highest BCUT2D eigenvalue weighted by Crippen LogP contribution is 2.25. The Kier molecular flexibility index (Phi) is 5.85. The first-order valence-electron chi connectivity index (χ1n) is 7.48. The first kappa shape index (κ1) is 17.7. The highest BCUT2D eigenvalue weighted by molar-refractivity contribution is 7.86. The molecule has 1 aromatic rings. The number of benzene rings is 1. The molecule has 1 aliphatic rings. The Morgan fingerprint density at radius 1 is 1.36 bits per heavy atom. The predicted molar refractivity (Wildman–Crippen MR) is 87.9 cm³/mol. The average Bonchev–Trinajstić information content (AvgIpc) is 2.49. The van der Waals surface area contributed by atoms with E-state index in [1.54, 1.807) is 26.1 Å². The van der Waals surface area contributed by atoms with Crippen molar-refractivity contribution < 1.29 is 13.5 Å². The molecule has 1 saturated heterocycles. The van der Waals surface area contributed by atoms with Crippen molar-refractivity contribution >= 4 is 21.8 Å². The summed E-state index contributed by atoms with van der Waals surface area (Å²) in [7, 11) is -2.02. The number of aliphatic hydroxyl groups excluding tert-OH is 1. The molecule has 2 rings (SSSR count).